The van der Waals surface area contributed by atoms with Crippen LogP contribution >= 0.6 is 11.9 Å². The van der Waals surface area contributed by atoms with Gasteiger partial charge < -0.3 is 0 Å². The molecule has 2 atom stereocenters. The zero-order chi connectivity index (χ0) is 9.68. The lowest BCUT2D eigenvalue weighted by molar-refractivity contribution is 0.278. The smallest absolute Gasteiger partial charge is 0.0221 e. The minimum atomic E-state index is 0.642. The van der Waals surface area contributed by atoms with Gasteiger partial charge in [0.05, 0.1) is 0 Å². The Morgan fingerprint density at radius 1 is 1.62 bits per heavy atom. The van der Waals surface area contributed by atoms with Crippen molar-refractivity contribution in [2.75, 3.05) is 0 Å². The fourth-order valence-electron chi connectivity index (χ4n) is 1.89. The number of allylic oxidation sites excluding steroid dienone is 1. The number of hydrogen-bond acceptors (Lipinski definition) is 2. The Balaban J connectivity index is 2.26. The predicted octanol–water partition coefficient (Wildman–Crippen LogP) is 3.36. The Hall–Kier alpha value is 0.0500. The minimum absolute atomic E-state index is 0.642. The van der Waals surface area contributed by atoms with Crippen molar-refractivity contribution in [3.63, 3.8) is 0 Å². The van der Waals surface area contributed by atoms with E-state index in [0.717, 1.165) is 12.3 Å². The lowest BCUT2D eigenvalue weighted by Gasteiger charge is -2.31. The van der Waals surface area contributed by atoms with Crippen LogP contribution in [0.5, 0.6) is 0 Å². The molecule has 0 amide bonds. The standard InChI is InChI=1S/C11H21NS/c1-3-5-9(2)11(13-12)8-10-6-4-7-10/h3,9-11H,1,4-8,12H2,2H3/t9-,11?/m0/s1. The molecule has 1 aliphatic carbocycles. The average molecular weight is 199 g/mol. The normalized spacial score (nSPS) is 22.0. The molecule has 2 heteroatoms. The van der Waals surface area contributed by atoms with Gasteiger partial charge >= 0.3 is 0 Å². The van der Waals surface area contributed by atoms with Crippen molar-refractivity contribution in [2.45, 2.75) is 44.3 Å². The zero-order valence-electron chi connectivity index (χ0n) is 8.54. The molecule has 0 heterocycles. The number of rotatable bonds is 6. The van der Waals surface area contributed by atoms with Crippen molar-refractivity contribution in [1.82, 2.24) is 0 Å². The van der Waals surface area contributed by atoms with Crippen molar-refractivity contribution in [1.29, 1.82) is 0 Å². The summed E-state index contributed by atoms with van der Waals surface area (Å²) in [6.45, 7) is 6.06. The van der Waals surface area contributed by atoms with E-state index < -0.39 is 0 Å². The van der Waals surface area contributed by atoms with Gasteiger partial charge in [-0.1, -0.05) is 44.2 Å². The summed E-state index contributed by atoms with van der Waals surface area (Å²) >= 11 is 1.55. The fraction of sp³-hybridized carbons (Fsp3) is 0.818. The molecule has 1 saturated carbocycles. The molecule has 2 N–H and O–H groups in total. The molecular formula is C11H21NS. The van der Waals surface area contributed by atoms with Crippen LogP contribution in [-0.4, -0.2) is 5.25 Å². The van der Waals surface area contributed by atoms with Gasteiger partial charge in [0, 0.05) is 5.25 Å². The largest absolute Gasteiger partial charge is 0.278 e. The Bertz CT molecular complexity index is 154. The lowest BCUT2D eigenvalue weighted by atomic mass is 9.80. The molecule has 1 nitrogen and oxygen atoms in total. The molecule has 0 saturated heterocycles. The van der Waals surface area contributed by atoms with Gasteiger partial charge in [0.1, 0.15) is 0 Å². The van der Waals surface area contributed by atoms with Crippen LogP contribution in [0.3, 0.4) is 0 Å². The van der Waals surface area contributed by atoms with E-state index in [4.69, 9.17) is 5.14 Å². The maximum Gasteiger partial charge on any atom is 0.0221 e. The highest BCUT2D eigenvalue weighted by Crippen LogP contribution is 2.35. The van der Waals surface area contributed by atoms with Gasteiger partial charge in [0.25, 0.3) is 0 Å². The van der Waals surface area contributed by atoms with Crippen LogP contribution in [0, 0.1) is 11.8 Å². The summed E-state index contributed by atoms with van der Waals surface area (Å²) in [6, 6.07) is 0. The first-order chi connectivity index (χ1) is 6.27. The van der Waals surface area contributed by atoms with E-state index in [9.17, 15) is 0 Å². The quantitative estimate of drug-likeness (QED) is 0.524. The van der Waals surface area contributed by atoms with Crippen molar-refractivity contribution < 1.29 is 0 Å². The lowest BCUT2D eigenvalue weighted by Crippen LogP contribution is -2.23. The van der Waals surface area contributed by atoms with Gasteiger partial charge in [-0.15, -0.1) is 6.58 Å². The highest BCUT2D eigenvalue weighted by molar-refractivity contribution is 7.97. The molecule has 0 radical (unpaired) electrons. The molecule has 0 aromatic carbocycles. The third kappa shape index (κ3) is 3.35. The summed E-state index contributed by atoms with van der Waals surface area (Å²) < 4.78 is 0. The molecule has 1 fully saturated rings. The summed E-state index contributed by atoms with van der Waals surface area (Å²) in [5.74, 6) is 1.65. The van der Waals surface area contributed by atoms with Crippen LogP contribution in [0.25, 0.3) is 0 Å². The topological polar surface area (TPSA) is 26.0 Å². The molecular weight excluding hydrogens is 178 g/mol. The number of hydrogen-bond donors (Lipinski definition) is 1. The third-order valence-corrected chi connectivity index (χ3v) is 4.14. The van der Waals surface area contributed by atoms with Gasteiger partial charge in [-0.3, -0.25) is 5.14 Å². The first-order valence-electron chi connectivity index (χ1n) is 5.24. The van der Waals surface area contributed by atoms with Crippen molar-refractivity contribution in [3.8, 4) is 0 Å². The van der Waals surface area contributed by atoms with Gasteiger partial charge in [-0.2, -0.15) is 0 Å². The molecule has 0 bridgehead atoms. The highest BCUT2D eigenvalue weighted by atomic mass is 32.2. The fourth-order valence-corrected chi connectivity index (χ4v) is 2.66. The second-order valence-corrected chi connectivity index (χ2v) is 5.09. The molecule has 1 aliphatic rings. The van der Waals surface area contributed by atoms with Gasteiger partial charge in [0.15, 0.2) is 0 Å². The van der Waals surface area contributed by atoms with Crippen molar-refractivity contribution >= 4 is 11.9 Å². The highest BCUT2D eigenvalue weighted by Gasteiger charge is 2.24. The summed E-state index contributed by atoms with van der Waals surface area (Å²) in [5.41, 5.74) is 0. The first-order valence-corrected chi connectivity index (χ1v) is 6.18. The monoisotopic (exact) mass is 199 g/mol. The average Bonchev–Trinajstić information content (AvgIpc) is 2.03. The second kappa shape index (κ2) is 5.71. The van der Waals surface area contributed by atoms with E-state index in [0.29, 0.717) is 11.2 Å². The van der Waals surface area contributed by atoms with Crippen LogP contribution in [0.15, 0.2) is 12.7 Å². The van der Waals surface area contributed by atoms with Gasteiger partial charge in [-0.05, 0) is 24.7 Å². The van der Waals surface area contributed by atoms with Crippen molar-refractivity contribution in [2.24, 2.45) is 17.0 Å². The molecule has 0 aromatic rings. The van der Waals surface area contributed by atoms with Gasteiger partial charge in [-0.25, -0.2) is 0 Å². The third-order valence-electron chi connectivity index (χ3n) is 3.14. The van der Waals surface area contributed by atoms with E-state index in [1.165, 1.54) is 25.7 Å². The Labute approximate surface area is 86.3 Å². The minimum Gasteiger partial charge on any atom is -0.278 e. The van der Waals surface area contributed by atoms with E-state index >= 15 is 0 Å². The molecule has 0 aromatic heterocycles. The predicted molar refractivity (Wildman–Crippen MR) is 61.5 cm³/mol. The Kier molecular flexibility index (Phi) is 4.89. The Morgan fingerprint density at radius 3 is 2.69 bits per heavy atom. The SMILES string of the molecule is C=CC[C@H](C)C(CC1CCC1)SN. The van der Waals surface area contributed by atoms with Crippen LogP contribution in [-0.2, 0) is 0 Å². The van der Waals surface area contributed by atoms with Crippen LogP contribution in [0.1, 0.15) is 39.0 Å². The molecule has 0 spiro atoms. The van der Waals surface area contributed by atoms with E-state index in [-0.39, 0.29) is 0 Å². The zero-order valence-corrected chi connectivity index (χ0v) is 9.35. The van der Waals surface area contributed by atoms with Crippen molar-refractivity contribution in [3.05, 3.63) is 12.7 Å². The Morgan fingerprint density at radius 2 is 2.31 bits per heavy atom. The maximum atomic E-state index is 5.71. The first kappa shape index (κ1) is 11.1. The van der Waals surface area contributed by atoms with E-state index in [1.807, 2.05) is 6.08 Å². The van der Waals surface area contributed by atoms with Gasteiger partial charge in [0.2, 0.25) is 0 Å². The van der Waals surface area contributed by atoms with Crippen LogP contribution in [0.2, 0.25) is 0 Å². The van der Waals surface area contributed by atoms with E-state index in [2.05, 4.69) is 13.5 Å². The molecule has 13 heavy (non-hydrogen) atoms. The molecule has 0 aliphatic heterocycles. The van der Waals surface area contributed by atoms with E-state index in [1.54, 1.807) is 11.9 Å². The summed E-state index contributed by atoms with van der Waals surface area (Å²) in [6.07, 6.45) is 8.71. The van der Waals surface area contributed by atoms with Crippen LogP contribution in [0.4, 0.5) is 0 Å². The summed E-state index contributed by atoms with van der Waals surface area (Å²) in [5, 5.41) is 6.36. The molecule has 1 unspecified atom stereocenters. The van der Waals surface area contributed by atoms with Crippen LogP contribution < -0.4 is 5.14 Å². The molecule has 76 valence electrons. The molecule has 1 rings (SSSR count). The summed E-state index contributed by atoms with van der Waals surface area (Å²) in [4.78, 5) is 0. The summed E-state index contributed by atoms with van der Waals surface area (Å²) in [7, 11) is 0. The second-order valence-electron chi connectivity index (χ2n) is 4.21. The maximum absolute atomic E-state index is 5.71. The number of nitrogens with two attached hydrogens (primary N) is 1.